The lowest BCUT2D eigenvalue weighted by molar-refractivity contribution is 0.0695. The molecule has 0 bridgehead atoms. The van der Waals surface area contributed by atoms with Gasteiger partial charge in [-0.1, -0.05) is 6.58 Å². The molecule has 6 nitrogen and oxygen atoms in total. The summed E-state index contributed by atoms with van der Waals surface area (Å²) in [6.45, 7) is 6.66. The third-order valence-electron chi connectivity index (χ3n) is 4.37. The Balaban J connectivity index is 0.00000225. The van der Waals surface area contributed by atoms with Crippen LogP contribution in [0.1, 0.15) is 10.4 Å². The topological polar surface area (TPSA) is 65.8 Å². The summed E-state index contributed by atoms with van der Waals surface area (Å²) in [4.78, 5) is 27.6. The number of pyridine rings is 1. The highest BCUT2D eigenvalue weighted by Crippen LogP contribution is 2.26. The van der Waals surface area contributed by atoms with E-state index in [2.05, 4.69) is 11.5 Å². The Morgan fingerprint density at radius 3 is 2.48 bits per heavy atom. The molecular weight excluding hydrogens is 349 g/mol. The number of likely N-dealkylation sites (N-methyl/N-ethyl adjacent to an activating group) is 1. The van der Waals surface area contributed by atoms with E-state index in [0.717, 1.165) is 19.2 Å². The van der Waals surface area contributed by atoms with Crippen molar-refractivity contribution in [2.75, 3.05) is 38.1 Å². The molecule has 3 rings (SSSR count). The van der Waals surface area contributed by atoms with Crippen LogP contribution in [0.4, 0.5) is 10.1 Å². The fourth-order valence-corrected chi connectivity index (χ4v) is 2.95. The van der Waals surface area contributed by atoms with Crippen LogP contribution < -0.4 is 10.3 Å². The Morgan fingerprint density at radius 1 is 1.28 bits per heavy atom. The van der Waals surface area contributed by atoms with Crippen LogP contribution in [-0.2, 0) is 0 Å². The molecule has 0 amide bonds. The van der Waals surface area contributed by atoms with Crippen molar-refractivity contribution in [1.29, 1.82) is 0 Å². The van der Waals surface area contributed by atoms with E-state index in [-0.39, 0.29) is 17.8 Å². The van der Waals surface area contributed by atoms with Crippen molar-refractivity contribution in [3.05, 3.63) is 46.5 Å². The van der Waals surface area contributed by atoms with E-state index in [0.29, 0.717) is 24.3 Å². The van der Waals surface area contributed by atoms with Crippen LogP contribution in [0.2, 0.25) is 0 Å². The minimum atomic E-state index is -1.35. The molecule has 0 radical (unpaired) electrons. The monoisotopic (exact) mass is 367 g/mol. The normalized spacial score (nSPS) is 15.0. The highest BCUT2D eigenvalue weighted by Gasteiger charge is 2.21. The van der Waals surface area contributed by atoms with Crippen molar-refractivity contribution >= 4 is 41.2 Å². The summed E-state index contributed by atoms with van der Waals surface area (Å²) in [5.74, 6) is -1.87. The second-order valence-corrected chi connectivity index (χ2v) is 5.88. The standard InChI is InChI=1S/C17H18FN3O3.ClH/c1-3-20-10-12(17(23)24)16(22)11-8-13(18)15(9-14(11)20)21-6-4-19(2)5-7-21;/h3,8-10H,1,4-7H2,2H3,(H,23,24);1H. The maximum Gasteiger partial charge on any atom is 0.341 e. The molecule has 8 heteroatoms. The van der Waals surface area contributed by atoms with Crippen molar-refractivity contribution in [2.24, 2.45) is 0 Å². The summed E-state index contributed by atoms with van der Waals surface area (Å²) in [5.41, 5.74) is -0.252. The van der Waals surface area contributed by atoms with Gasteiger partial charge in [-0.25, -0.2) is 9.18 Å². The smallest absolute Gasteiger partial charge is 0.341 e. The first-order valence-corrected chi connectivity index (χ1v) is 7.60. The first-order valence-electron chi connectivity index (χ1n) is 7.60. The number of hydrogen-bond acceptors (Lipinski definition) is 4. The fourth-order valence-electron chi connectivity index (χ4n) is 2.95. The van der Waals surface area contributed by atoms with Crippen molar-refractivity contribution in [2.45, 2.75) is 0 Å². The number of nitrogens with zero attached hydrogens (tertiary/aromatic N) is 3. The van der Waals surface area contributed by atoms with Gasteiger partial charge in [0, 0.05) is 44.0 Å². The summed E-state index contributed by atoms with van der Waals surface area (Å²) in [6, 6.07) is 2.71. The second kappa shape index (κ2) is 7.25. The summed E-state index contributed by atoms with van der Waals surface area (Å²) in [5, 5.41) is 9.18. The van der Waals surface area contributed by atoms with Gasteiger partial charge < -0.3 is 19.5 Å². The highest BCUT2D eigenvalue weighted by atomic mass is 35.5. The zero-order valence-corrected chi connectivity index (χ0v) is 14.6. The number of carboxylic acids is 1. The lowest BCUT2D eigenvalue weighted by atomic mass is 10.1. The number of fused-ring (bicyclic) bond motifs is 1. The van der Waals surface area contributed by atoms with E-state index in [1.165, 1.54) is 17.0 Å². The van der Waals surface area contributed by atoms with Crippen LogP contribution in [0.25, 0.3) is 17.1 Å². The average molecular weight is 368 g/mol. The van der Waals surface area contributed by atoms with Crippen LogP contribution in [0.3, 0.4) is 0 Å². The second-order valence-electron chi connectivity index (χ2n) is 5.88. The largest absolute Gasteiger partial charge is 0.477 e. The Kier molecular flexibility index (Phi) is 5.49. The van der Waals surface area contributed by atoms with Gasteiger partial charge in [-0.05, 0) is 19.2 Å². The van der Waals surface area contributed by atoms with Crippen molar-refractivity contribution in [3.8, 4) is 0 Å². The molecule has 0 aliphatic carbocycles. The van der Waals surface area contributed by atoms with Gasteiger partial charge in [-0.3, -0.25) is 4.79 Å². The molecule has 1 aromatic heterocycles. The molecule has 0 spiro atoms. The van der Waals surface area contributed by atoms with Gasteiger partial charge in [0.1, 0.15) is 11.4 Å². The Morgan fingerprint density at radius 2 is 1.92 bits per heavy atom. The van der Waals surface area contributed by atoms with Crippen molar-refractivity contribution in [3.63, 3.8) is 0 Å². The van der Waals surface area contributed by atoms with E-state index in [1.807, 2.05) is 11.9 Å². The third kappa shape index (κ3) is 3.38. The van der Waals surface area contributed by atoms with Crippen molar-refractivity contribution < 1.29 is 14.3 Å². The van der Waals surface area contributed by atoms with Crippen LogP contribution in [0.15, 0.2) is 29.7 Å². The van der Waals surface area contributed by atoms with Gasteiger partial charge in [0.15, 0.2) is 0 Å². The Labute approximate surface area is 150 Å². The molecule has 1 N–H and O–H groups in total. The first-order chi connectivity index (χ1) is 11.4. The molecule has 0 saturated carbocycles. The Hall–Kier alpha value is -2.38. The molecule has 134 valence electrons. The number of carbonyl (C=O) groups is 1. The number of piperazine rings is 1. The highest BCUT2D eigenvalue weighted by molar-refractivity contribution is 5.94. The van der Waals surface area contributed by atoms with Crippen LogP contribution >= 0.6 is 12.4 Å². The summed E-state index contributed by atoms with van der Waals surface area (Å²) in [6.07, 6.45) is 2.62. The predicted octanol–water partition coefficient (Wildman–Crippen LogP) is 2.11. The number of benzene rings is 1. The molecule has 1 aliphatic rings. The van der Waals surface area contributed by atoms with E-state index in [1.54, 1.807) is 6.07 Å². The van der Waals surface area contributed by atoms with Gasteiger partial charge in [-0.15, -0.1) is 12.4 Å². The molecule has 1 aliphatic heterocycles. The quantitative estimate of drug-likeness (QED) is 0.900. The number of halogens is 2. The van der Waals surface area contributed by atoms with Crippen LogP contribution in [-0.4, -0.2) is 53.8 Å². The summed E-state index contributed by atoms with van der Waals surface area (Å²) in [7, 11) is 2.01. The maximum atomic E-state index is 14.6. The molecule has 2 aromatic rings. The summed E-state index contributed by atoms with van der Waals surface area (Å²) >= 11 is 0. The lowest BCUT2D eigenvalue weighted by Crippen LogP contribution is -2.44. The Bertz CT molecular complexity index is 889. The maximum absolute atomic E-state index is 14.6. The zero-order valence-electron chi connectivity index (χ0n) is 13.7. The van der Waals surface area contributed by atoms with E-state index in [4.69, 9.17) is 5.11 Å². The SMILES string of the molecule is C=Cn1cc(C(=O)O)c(=O)c2cc(F)c(N3CCN(C)CC3)cc21.Cl. The first kappa shape index (κ1) is 19.0. The minimum Gasteiger partial charge on any atom is -0.477 e. The van der Waals surface area contributed by atoms with Crippen LogP contribution in [0, 0.1) is 5.82 Å². The average Bonchev–Trinajstić information content (AvgIpc) is 2.56. The van der Waals surface area contributed by atoms with Gasteiger partial charge in [0.05, 0.1) is 11.2 Å². The molecule has 0 unspecified atom stereocenters. The number of hydrogen-bond donors (Lipinski definition) is 1. The molecule has 1 aromatic carbocycles. The molecule has 0 atom stereocenters. The van der Waals surface area contributed by atoms with Gasteiger partial charge >= 0.3 is 5.97 Å². The third-order valence-corrected chi connectivity index (χ3v) is 4.37. The number of rotatable bonds is 3. The molecular formula is C17H19ClFN3O3. The molecule has 1 saturated heterocycles. The van der Waals surface area contributed by atoms with E-state index < -0.39 is 22.8 Å². The number of anilines is 1. The number of aromatic carboxylic acids is 1. The number of carboxylic acid groups (broad SMARTS) is 1. The van der Waals surface area contributed by atoms with E-state index in [9.17, 15) is 14.0 Å². The lowest BCUT2D eigenvalue weighted by Gasteiger charge is -2.34. The minimum absolute atomic E-state index is 0. The molecule has 2 heterocycles. The summed E-state index contributed by atoms with van der Waals surface area (Å²) < 4.78 is 16.0. The molecule has 25 heavy (non-hydrogen) atoms. The predicted molar refractivity (Wildman–Crippen MR) is 98.5 cm³/mol. The number of aromatic nitrogens is 1. The van der Waals surface area contributed by atoms with Crippen molar-refractivity contribution in [1.82, 2.24) is 9.47 Å². The van der Waals surface area contributed by atoms with Crippen LogP contribution in [0.5, 0.6) is 0 Å². The van der Waals surface area contributed by atoms with E-state index >= 15 is 0 Å². The van der Waals surface area contributed by atoms with Gasteiger partial charge in [0.2, 0.25) is 5.43 Å². The van der Waals surface area contributed by atoms with Gasteiger partial charge in [-0.2, -0.15) is 0 Å². The fraction of sp³-hybridized carbons (Fsp3) is 0.294. The molecule has 1 fully saturated rings. The zero-order chi connectivity index (χ0) is 17.4. The van der Waals surface area contributed by atoms with Gasteiger partial charge in [0.25, 0.3) is 0 Å².